The lowest BCUT2D eigenvalue weighted by atomic mass is 10.1. The molecule has 1 atom stereocenters. The average Bonchev–Trinajstić information content (AvgIpc) is 2.82. The molecule has 0 spiro atoms. The van der Waals surface area contributed by atoms with Gasteiger partial charge in [0.2, 0.25) is 0 Å². The Hall–Kier alpha value is -1.00. The Bertz CT molecular complexity index is 642. The van der Waals surface area contributed by atoms with Crippen LogP contribution in [0.25, 0.3) is 0 Å². The first-order chi connectivity index (χ1) is 9.63. The van der Waals surface area contributed by atoms with Gasteiger partial charge < -0.3 is 10.1 Å². The van der Waals surface area contributed by atoms with Crippen molar-refractivity contribution in [2.75, 3.05) is 11.9 Å². The molecule has 0 saturated heterocycles. The van der Waals surface area contributed by atoms with Gasteiger partial charge in [-0.25, -0.2) is 0 Å². The van der Waals surface area contributed by atoms with E-state index in [9.17, 15) is 0 Å². The fourth-order valence-electron chi connectivity index (χ4n) is 2.41. The van der Waals surface area contributed by atoms with Gasteiger partial charge in [0.05, 0.1) is 6.54 Å². The van der Waals surface area contributed by atoms with Crippen molar-refractivity contribution in [1.29, 1.82) is 0 Å². The maximum atomic E-state index is 5.96. The van der Waals surface area contributed by atoms with Gasteiger partial charge in [0.15, 0.2) is 0 Å². The minimum Gasteiger partial charge on any atom is -0.488 e. The Kier molecular flexibility index (Phi) is 4.03. The van der Waals surface area contributed by atoms with Gasteiger partial charge in [-0.2, -0.15) is 0 Å². The Balaban J connectivity index is 1.65. The van der Waals surface area contributed by atoms with E-state index in [2.05, 4.69) is 68.4 Å². The summed E-state index contributed by atoms with van der Waals surface area (Å²) in [6.45, 7) is 2.89. The summed E-state index contributed by atoms with van der Waals surface area (Å²) in [5, 5.41) is 3.46. The van der Waals surface area contributed by atoms with Gasteiger partial charge in [0.1, 0.15) is 11.9 Å². The first kappa shape index (κ1) is 14.0. The monoisotopic (exact) mass is 395 g/mol. The van der Waals surface area contributed by atoms with Crippen molar-refractivity contribution >= 4 is 37.5 Å². The molecule has 0 aromatic heterocycles. The number of hydrogen-bond donors (Lipinski definition) is 1. The van der Waals surface area contributed by atoms with E-state index in [1.165, 1.54) is 11.1 Å². The number of nitrogens with one attached hydrogen (secondary N) is 1. The molecule has 2 aromatic rings. The zero-order chi connectivity index (χ0) is 14.1. The van der Waals surface area contributed by atoms with E-state index < -0.39 is 0 Å². The van der Waals surface area contributed by atoms with Gasteiger partial charge in [0.25, 0.3) is 0 Å². The lowest BCUT2D eigenvalue weighted by Gasteiger charge is -2.14. The number of aryl methyl sites for hydroxylation is 1. The van der Waals surface area contributed by atoms with Crippen molar-refractivity contribution < 1.29 is 4.74 Å². The molecule has 2 aromatic carbocycles. The van der Waals surface area contributed by atoms with Crippen molar-refractivity contribution in [2.45, 2.75) is 19.4 Å². The predicted octanol–water partition coefficient (Wildman–Crippen LogP) is 4.94. The van der Waals surface area contributed by atoms with Crippen LogP contribution in [0.5, 0.6) is 5.75 Å². The Morgan fingerprint density at radius 1 is 1.25 bits per heavy atom. The Labute approximate surface area is 135 Å². The number of halogens is 2. The van der Waals surface area contributed by atoms with E-state index in [0.29, 0.717) is 0 Å². The zero-order valence-electron chi connectivity index (χ0n) is 11.1. The van der Waals surface area contributed by atoms with Crippen molar-refractivity contribution in [2.24, 2.45) is 0 Å². The lowest BCUT2D eigenvalue weighted by Crippen LogP contribution is -2.24. The molecule has 0 saturated carbocycles. The fraction of sp³-hybridized carbons (Fsp3) is 0.250. The highest BCUT2D eigenvalue weighted by Gasteiger charge is 2.22. The summed E-state index contributed by atoms with van der Waals surface area (Å²) in [6.07, 6.45) is 1.14. The molecule has 2 nitrogen and oxygen atoms in total. The molecule has 3 rings (SSSR count). The molecule has 1 unspecified atom stereocenters. The molecule has 0 amide bonds. The molecule has 1 aliphatic heterocycles. The second-order valence-corrected chi connectivity index (χ2v) is 6.72. The van der Waals surface area contributed by atoms with E-state index >= 15 is 0 Å². The van der Waals surface area contributed by atoms with E-state index in [-0.39, 0.29) is 6.10 Å². The second-order valence-electron chi connectivity index (χ2n) is 5.01. The van der Waals surface area contributed by atoms with E-state index in [0.717, 1.165) is 33.3 Å². The summed E-state index contributed by atoms with van der Waals surface area (Å²) in [5.41, 5.74) is 3.62. The molecule has 1 heterocycles. The highest BCUT2D eigenvalue weighted by molar-refractivity contribution is 9.11. The molecular formula is C16H15Br2NO. The van der Waals surface area contributed by atoms with E-state index in [1.54, 1.807) is 0 Å². The molecule has 0 radical (unpaired) electrons. The van der Waals surface area contributed by atoms with Crippen LogP contribution in [0.15, 0.2) is 45.3 Å². The largest absolute Gasteiger partial charge is 0.488 e. The van der Waals surface area contributed by atoms with Crippen LogP contribution in [0.3, 0.4) is 0 Å². The molecule has 1 aliphatic rings. The quantitative estimate of drug-likeness (QED) is 0.793. The van der Waals surface area contributed by atoms with E-state index in [1.807, 2.05) is 12.1 Å². The molecule has 4 heteroatoms. The number of ether oxygens (including phenoxy) is 1. The van der Waals surface area contributed by atoms with Gasteiger partial charge in [-0.15, -0.1) is 0 Å². The van der Waals surface area contributed by atoms with Gasteiger partial charge in [-0.1, -0.05) is 28.1 Å². The maximum Gasteiger partial charge on any atom is 0.123 e. The van der Waals surface area contributed by atoms with Gasteiger partial charge >= 0.3 is 0 Å². The fourth-order valence-corrected chi connectivity index (χ4v) is 3.22. The molecule has 104 valence electrons. The summed E-state index contributed by atoms with van der Waals surface area (Å²) in [5.74, 6) is 1.00. The molecule has 1 N–H and O–H groups in total. The highest BCUT2D eigenvalue weighted by Crippen LogP contribution is 2.32. The van der Waals surface area contributed by atoms with Crippen LogP contribution < -0.4 is 10.1 Å². The Morgan fingerprint density at radius 3 is 2.95 bits per heavy atom. The maximum absolute atomic E-state index is 5.96. The second kappa shape index (κ2) is 5.78. The normalized spacial score (nSPS) is 16.6. The van der Waals surface area contributed by atoms with Crippen LogP contribution in [-0.4, -0.2) is 12.6 Å². The minimum atomic E-state index is 0.187. The molecule has 0 aliphatic carbocycles. The van der Waals surface area contributed by atoms with Crippen molar-refractivity contribution in [3.8, 4) is 5.75 Å². The molecule has 0 bridgehead atoms. The van der Waals surface area contributed by atoms with Crippen molar-refractivity contribution in [3.05, 3.63) is 56.5 Å². The third-order valence-corrected chi connectivity index (χ3v) is 5.02. The molecular weight excluding hydrogens is 382 g/mol. The number of rotatable bonds is 3. The summed E-state index contributed by atoms with van der Waals surface area (Å²) in [6, 6.07) is 12.4. The van der Waals surface area contributed by atoms with Gasteiger partial charge in [-0.05, 0) is 58.2 Å². The topological polar surface area (TPSA) is 21.3 Å². The van der Waals surface area contributed by atoms with Gasteiger partial charge in [0, 0.05) is 21.1 Å². The lowest BCUT2D eigenvalue weighted by molar-refractivity contribution is 0.246. The average molecular weight is 397 g/mol. The van der Waals surface area contributed by atoms with Crippen LogP contribution in [0, 0.1) is 6.92 Å². The zero-order valence-corrected chi connectivity index (χ0v) is 14.3. The summed E-state index contributed by atoms with van der Waals surface area (Å²) >= 11 is 7.12. The van der Waals surface area contributed by atoms with Crippen LogP contribution in [0.2, 0.25) is 0 Å². The summed E-state index contributed by atoms with van der Waals surface area (Å²) < 4.78 is 8.18. The summed E-state index contributed by atoms with van der Waals surface area (Å²) in [7, 11) is 0. The van der Waals surface area contributed by atoms with Crippen LogP contribution in [-0.2, 0) is 6.42 Å². The van der Waals surface area contributed by atoms with Crippen LogP contribution >= 0.6 is 31.9 Å². The number of hydrogen-bond acceptors (Lipinski definition) is 2. The predicted molar refractivity (Wildman–Crippen MR) is 89.6 cm³/mol. The third kappa shape index (κ3) is 2.86. The van der Waals surface area contributed by atoms with E-state index in [4.69, 9.17) is 4.74 Å². The first-order valence-corrected chi connectivity index (χ1v) is 8.16. The standard InChI is InChI=1S/C16H15Br2NO/c1-10-3-2-4-14(16(10)18)19-9-13-8-11-7-12(17)5-6-15(11)20-13/h2-7,13,19H,8-9H2,1H3. The number of fused-ring (bicyclic) bond motifs is 1. The Morgan fingerprint density at radius 2 is 2.10 bits per heavy atom. The smallest absolute Gasteiger partial charge is 0.123 e. The van der Waals surface area contributed by atoms with Crippen LogP contribution in [0.4, 0.5) is 5.69 Å². The third-order valence-electron chi connectivity index (χ3n) is 3.48. The SMILES string of the molecule is Cc1cccc(NCC2Cc3cc(Br)ccc3O2)c1Br. The van der Waals surface area contributed by atoms with Gasteiger partial charge in [-0.3, -0.25) is 0 Å². The van der Waals surface area contributed by atoms with Crippen LogP contribution in [0.1, 0.15) is 11.1 Å². The molecule has 20 heavy (non-hydrogen) atoms. The minimum absolute atomic E-state index is 0.187. The first-order valence-electron chi connectivity index (χ1n) is 6.57. The summed E-state index contributed by atoms with van der Waals surface area (Å²) in [4.78, 5) is 0. The highest BCUT2D eigenvalue weighted by atomic mass is 79.9. The van der Waals surface area contributed by atoms with Crippen molar-refractivity contribution in [3.63, 3.8) is 0 Å². The van der Waals surface area contributed by atoms with Crippen molar-refractivity contribution in [1.82, 2.24) is 0 Å². The number of benzene rings is 2. The molecule has 0 fully saturated rings. The number of anilines is 1.